The maximum atomic E-state index is 11.7. The molecule has 1 aliphatic rings. The van der Waals surface area contributed by atoms with E-state index in [1.165, 1.54) is 11.8 Å². The minimum atomic E-state index is -3.06. The fourth-order valence-corrected chi connectivity index (χ4v) is 4.18. The molecule has 1 N–H and O–H groups in total. The number of piperidine rings is 1. The van der Waals surface area contributed by atoms with E-state index in [1.54, 1.807) is 4.31 Å². The molecule has 1 aromatic carbocycles. The summed E-state index contributed by atoms with van der Waals surface area (Å²) < 4.78 is 26.1. The fraction of sp³-hybridized carbons (Fsp3) is 0.600. The van der Waals surface area contributed by atoms with E-state index in [9.17, 15) is 8.42 Å². The van der Waals surface area contributed by atoms with E-state index in [0.717, 1.165) is 23.7 Å². The summed E-state index contributed by atoms with van der Waals surface area (Å²) in [5.74, 6) is 0.412. The number of hydrogen-bond acceptors (Lipinski definition) is 3. The maximum Gasteiger partial charge on any atom is 0.211 e. The lowest BCUT2D eigenvalue weighted by Gasteiger charge is -2.33. The van der Waals surface area contributed by atoms with Crippen LogP contribution in [0.2, 0.25) is 0 Å². The molecule has 1 saturated heterocycles. The van der Waals surface area contributed by atoms with Gasteiger partial charge in [-0.1, -0.05) is 28.1 Å². The first-order valence-electron chi connectivity index (χ1n) is 7.28. The summed E-state index contributed by atoms with van der Waals surface area (Å²) in [6.45, 7) is 1.31. The maximum absolute atomic E-state index is 11.7. The summed E-state index contributed by atoms with van der Waals surface area (Å²) >= 11 is 3.45. The average molecular weight is 375 g/mol. The summed E-state index contributed by atoms with van der Waals surface area (Å²) in [4.78, 5) is 0. The number of nitrogens with one attached hydrogen (secondary N) is 1. The van der Waals surface area contributed by atoms with Gasteiger partial charge in [-0.3, -0.25) is 0 Å². The highest BCUT2D eigenvalue weighted by molar-refractivity contribution is 9.10. The monoisotopic (exact) mass is 374 g/mol. The highest BCUT2D eigenvalue weighted by Gasteiger charge is 2.27. The Labute approximate surface area is 136 Å². The van der Waals surface area contributed by atoms with Crippen LogP contribution in [0.1, 0.15) is 30.9 Å². The van der Waals surface area contributed by atoms with E-state index in [1.807, 2.05) is 19.2 Å². The van der Waals surface area contributed by atoms with E-state index >= 15 is 0 Å². The minimum Gasteiger partial charge on any atom is -0.313 e. The number of halogens is 1. The van der Waals surface area contributed by atoms with Crippen molar-refractivity contribution < 1.29 is 8.42 Å². The van der Waals surface area contributed by atoms with Gasteiger partial charge in [0.15, 0.2) is 0 Å². The first-order chi connectivity index (χ1) is 9.90. The summed E-state index contributed by atoms with van der Waals surface area (Å²) in [7, 11) is -1.10. The van der Waals surface area contributed by atoms with Crippen LogP contribution in [0.3, 0.4) is 0 Å². The topological polar surface area (TPSA) is 49.4 Å². The minimum absolute atomic E-state index is 0.266. The lowest BCUT2D eigenvalue weighted by Crippen LogP contribution is -2.40. The summed E-state index contributed by atoms with van der Waals surface area (Å²) in [5, 5.41) is 3.36. The zero-order chi connectivity index (χ0) is 15.5. The van der Waals surface area contributed by atoms with Crippen molar-refractivity contribution in [3.8, 4) is 0 Å². The largest absolute Gasteiger partial charge is 0.313 e. The van der Waals surface area contributed by atoms with Crippen LogP contribution >= 0.6 is 15.9 Å². The van der Waals surface area contributed by atoms with Crippen LogP contribution in [0.4, 0.5) is 0 Å². The van der Waals surface area contributed by atoms with Gasteiger partial charge in [-0.15, -0.1) is 0 Å². The van der Waals surface area contributed by atoms with Crippen LogP contribution in [0.15, 0.2) is 28.7 Å². The highest BCUT2D eigenvalue weighted by Crippen LogP contribution is 2.28. The lowest BCUT2D eigenvalue weighted by molar-refractivity contribution is 0.240. The van der Waals surface area contributed by atoms with Crippen molar-refractivity contribution in [2.45, 2.75) is 25.3 Å². The standard InChI is InChI=1S/C15H23BrN2O2S/c1-17-15(13-5-7-14(16)8-6-13)10-12-4-3-9-18(11-12)21(2,19)20/h5-8,12,15,17H,3-4,9-11H2,1-2H3. The molecule has 1 fully saturated rings. The van der Waals surface area contributed by atoms with E-state index in [4.69, 9.17) is 0 Å². The summed E-state index contributed by atoms with van der Waals surface area (Å²) in [5.41, 5.74) is 1.25. The van der Waals surface area contributed by atoms with Crippen molar-refractivity contribution in [2.24, 2.45) is 5.92 Å². The van der Waals surface area contributed by atoms with E-state index in [-0.39, 0.29) is 6.04 Å². The molecular weight excluding hydrogens is 352 g/mol. The Kier molecular flexibility index (Phi) is 5.82. The van der Waals surface area contributed by atoms with E-state index < -0.39 is 10.0 Å². The van der Waals surface area contributed by atoms with Gasteiger partial charge in [0.1, 0.15) is 0 Å². The average Bonchev–Trinajstić information content (AvgIpc) is 2.45. The second kappa shape index (κ2) is 7.22. The molecule has 0 radical (unpaired) electrons. The fourth-order valence-electron chi connectivity index (χ4n) is 2.97. The van der Waals surface area contributed by atoms with Crippen molar-refractivity contribution >= 4 is 26.0 Å². The van der Waals surface area contributed by atoms with Gasteiger partial charge in [-0.25, -0.2) is 12.7 Å². The van der Waals surface area contributed by atoms with Gasteiger partial charge < -0.3 is 5.32 Å². The zero-order valence-electron chi connectivity index (χ0n) is 12.5. The molecule has 0 aromatic heterocycles. The second-order valence-electron chi connectivity index (χ2n) is 5.76. The van der Waals surface area contributed by atoms with E-state index in [2.05, 4.69) is 33.4 Å². The lowest BCUT2D eigenvalue weighted by atomic mass is 9.89. The SMILES string of the molecule is CNC(CC1CCCN(S(C)(=O)=O)C1)c1ccc(Br)cc1. The summed E-state index contributed by atoms with van der Waals surface area (Å²) in [6.07, 6.45) is 4.32. The molecule has 4 nitrogen and oxygen atoms in total. The predicted octanol–water partition coefficient (Wildman–Crippen LogP) is 2.77. The number of benzene rings is 1. The molecule has 6 heteroatoms. The first-order valence-corrected chi connectivity index (χ1v) is 9.92. The molecular formula is C15H23BrN2O2S. The van der Waals surface area contributed by atoms with Crippen LogP contribution in [-0.4, -0.2) is 39.1 Å². The molecule has 2 atom stereocenters. The zero-order valence-corrected chi connectivity index (χ0v) is 15.0. The Morgan fingerprint density at radius 1 is 1.38 bits per heavy atom. The van der Waals surface area contributed by atoms with Crippen LogP contribution in [0.25, 0.3) is 0 Å². The third-order valence-electron chi connectivity index (χ3n) is 4.14. The van der Waals surface area contributed by atoms with Crippen LogP contribution in [0, 0.1) is 5.92 Å². The molecule has 1 aromatic rings. The summed E-state index contributed by atoms with van der Waals surface area (Å²) in [6, 6.07) is 8.58. The van der Waals surface area contributed by atoms with Crippen molar-refractivity contribution in [1.29, 1.82) is 0 Å². The third-order valence-corrected chi connectivity index (χ3v) is 5.94. The Balaban J connectivity index is 2.03. The molecule has 0 bridgehead atoms. The Morgan fingerprint density at radius 3 is 2.62 bits per heavy atom. The molecule has 21 heavy (non-hydrogen) atoms. The second-order valence-corrected chi connectivity index (χ2v) is 8.66. The van der Waals surface area contributed by atoms with Crippen LogP contribution in [0.5, 0.6) is 0 Å². The molecule has 1 heterocycles. The highest BCUT2D eigenvalue weighted by atomic mass is 79.9. The van der Waals surface area contributed by atoms with Gasteiger partial charge in [0, 0.05) is 23.6 Å². The molecule has 1 aliphatic heterocycles. The number of nitrogens with zero attached hydrogens (tertiary/aromatic N) is 1. The Bertz CT molecular complexity index is 560. The van der Waals surface area contributed by atoms with Gasteiger partial charge >= 0.3 is 0 Å². The van der Waals surface area contributed by atoms with Gasteiger partial charge in [0.25, 0.3) is 0 Å². The van der Waals surface area contributed by atoms with Crippen molar-refractivity contribution in [3.05, 3.63) is 34.3 Å². The van der Waals surface area contributed by atoms with Crippen molar-refractivity contribution in [3.63, 3.8) is 0 Å². The van der Waals surface area contributed by atoms with Crippen molar-refractivity contribution in [2.75, 3.05) is 26.4 Å². The molecule has 0 spiro atoms. The molecule has 0 amide bonds. The number of hydrogen-bond donors (Lipinski definition) is 1. The van der Waals surface area contributed by atoms with Gasteiger partial charge in [-0.2, -0.15) is 0 Å². The van der Waals surface area contributed by atoms with Gasteiger partial charge in [-0.05, 0) is 49.9 Å². The Morgan fingerprint density at radius 2 is 2.05 bits per heavy atom. The Hall–Kier alpha value is -0.430. The predicted molar refractivity (Wildman–Crippen MR) is 89.7 cm³/mol. The van der Waals surface area contributed by atoms with Crippen LogP contribution < -0.4 is 5.32 Å². The molecule has 0 aliphatic carbocycles. The quantitative estimate of drug-likeness (QED) is 0.861. The first kappa shape index (κ1) is 16.9. The molecule has 118 valence electrons. The van der Waals surface area contributed by atoms with Gasteiger partial charge in [0.05, 0.1) is 6.26 Å². The molecule has 2 rings (SSSR count). The van der Waals surface area contributed by atoms with E-state index in [0.29, 0.717) is 19.0 Å². The third kappa shape index (κ3) is 4.77. The number of sulfonamides is 1. The van der Waals surface area contributed by atoms with Crippen LogP contribution in [-0.2, 0) is 10.0 Å². The van der Waals surface area contributed by atoms with Crippen molar-refractivity contribution in [1.82, 2.24) is 9.62 Å². The van der Waals surface area contributed by atoms with Gasteiger partial charge in [0.2, 0.25) is 10.0 Å². The molecule has 2 unspecified atom stereocenters. The smallest absolute Gasteiger partial charge is 0.211 e. The number of rotatable bonds is 5. The molecule has 0 saturated carbocycles. The normalized spacial score (nSPS) is 22.1.